The molecule has 6 heteroatoms. The largest absolute Gasteiger partial charge is 0.437 e. The number of halogens is 1. The molecule has 0 aliphatic rings. The highest BCUT2D eigenvalue weighted by molar-refractivity contribution is 6.30. The fourth-order valence-corrected chi connectivity index (χ4v) is 2.36. The third kappa shape index (κ3) is 4.65. The minimum Gasteiger partial charge on any atom is -0.297 e. The molecule has 3 rings (SSSR count). The third-order valence-electron chi connectivity index (χ3n) is 3.29. The number of oxime groups is 1. The molecule has 0 aliphatic heterocycles. The molecule has 1 aromatic heterocycles. The molecule has 0 fully saturated rings. The number of aromatic nitrogens is 1. The van der Waals surface area contributed by atoms with Crippen LogP contribution in [0, 0.1) is 0 Å². The molecule has 0 saturated carbocycles. The van der Waals surface area contributed by atoms with E-state index in [4.69, 9.17) is 16.4 Å². The highest BCUT2D eigenvalue weighted by Crippen LogP contribution is 2.15. The van der Waals surface area contributed by atoms with Gasteiger partial charge in [0.1, 0.15) is 5.71 Å². The molecule has 5 nitrogen and oxygen atoms in total. The summed E-state index contributed by atoms with van der Waals surface area (Å²) in [5.41, 5.74) is 2.67. The predicted octanol–water partition coefficient (Wildman–Crippen LogP) is 4.74. The molecule has 0 radical (unpaired) electrons. The predicted molar refractivity (Wildman–Crippen MR) is 97.9 cm³/mol. The van der Waals surface area contributed by atoms with Crippen LogP contribution < -0.4 is 5.32 Å². The Morgan fingerprint density at radius 1 is 0.960 bits per heavy atom. The lowest BCUT2D eigenvalue weighted by molar-refractivity contribution is 0.166. The molecule has 1 heterocycles. The van der Waals surface area contributed by atoms with E-state index in [2.05, 4.69) is 15.5 Å². The molecule has 3 aromatic rings. The standard InChI is InChI=1S/C19H14ClN3O2/c20-16-7-4-8-17(13-16)22-19(24)25-23-18(14-5-2-1-3-6-14)15-9-11-21-12-10-15/h1-13H,(H,22,24)/b23-18-. The maximum absolute atomic E-state index is 12.0. The van der Waals surface area contributed by atoms with Gasteiger partial charge >= 0.3 is 6.09 Å². The molecular formula is C19H14ClN3O2. The number of nitrogens with one attached hydrogen (secondary N) is 1. The van der Waals surface area contributed by atoms with Crippen molar-refractivity contribution in [2.75, 3.05) is 5.32 Å². The number of nitrogens with zero attached hydrogens (tertiary/aromatic N) is 2. The number of hydrogen-bond donors (Lipinski definition) is 1. The molecule has 0 saturated heterocycles. The number of amides is 1. The Morgan fingerprint density at radius 2 is 1.68 bits per heavy atom. The van der Waals surface area contributed by atoms with Crippen LogP contribution in [-0.2, 0) is 4.84 Å². The van der Waals surface area contributed by atoms with Gasteiger partial charge in [-0.1, -0.05) is 53.2 Å². The van der Waals surface area contributed by atoms with Crippen molar-refractivity contribution in [3.63, 3.8) is 0 Å². The second-order valence-corrected chi connectivity index (χ2v) is 5.49. The summed E-state index contributed by atoms with van der Waals surface area (Å²) in [5, 5.41) is 7.12. The molecule has 25 heavy (non-hydrogen) atoms. The highest BCUT2D eigenvalue weighted by atomic mass is 35.5. The second kappa shape index (κ2) is 8.08. The number of benzene rings is 2. The van der Waals surface area contributed by atoms with Crippen LogP contribution in [0.15, 0.2) is 84.3 Å². The van der Waals surface area contributed by atoms with Gasteiger partial charge in [0.05, 0.1) is 0 Å². The first-order valence-electron chi connectivity index (χ1n) is 7.50. The average molecular weight is 352 g/mol. The first kappa shape index (κ1) is 16.7. The van der Waals surface area contributed by atoms with E-state index < -0.39 is 6.09 Å². The van der Waals surface area contributed by atoms with E-state index in [1.165, 1.54) is 0 Å². The lowest BCUT2D eigenvalue weighted by atomic mass is 10.0. The van der Waals surface area contributed by atoms with Gasteiger partial charge in [0.15, 0.2) is 0 Å². The van der Waals surface area contributed by atoms with Gasteiger partial charge in [-0.2, -0.15) is 0 Å². The Morgan fingerprint density at radius 3 is 2.40 bits per heavy atom. The van der Waals surface area contributed by atoms with Crippen molar-refractivity contribution in [3.05, 3.63) is 95.3 Å². The van der Waals surface area contributed by atoms with Crippen LogP contribution in [0.3, 0.4) is 0 Å². The fraction of sp³-hybridized carbons (Fsp3) is 0. The van der Waals surface area contributed by atoms with Crippen LogP contribution >= 0.6 is 11.6 Å². The van der Waals surface area contributed by atoms with Crippen molar-refractivity contribution in [1.29, 1.82) is 0 Å². The van der Waals surface area contributed by atoms with Crippen molar-refractivity contribution < 1.29 is 9.63 Å². The molecule has 1 amide bonds. The average Bonchev–Trinajstić information content (AvgIpc) is 2.64. The number of anilines is 1. The van der Waals surface area contributed by atoms with Gasteiger partial charge in [0, 0.05) is 34.2 Å². The molecule has 1 N–H and O–H groups in total. The van der Waals surface area contributed by atoms with Gasteiger partial charge in [0.2, 0.25) is 0 Å². The molecule has 0 spiro atoms. The second-order valence-electron chi connectivity index (χ2n) is 5.06. The number of pyridine rings is 1. The number of rotatable bonds is 4. The molecule has 0 atom stereocenters. The Bertz CT molecular complexity index is 842. The summed E-state index contributed by atoms with van der Waals surface area (Å²) in [4.78, 5) is 21.0. The van der Waals surface area contributed by atoms with Gasteiger partial charge in [-0.3, -0.25) is 15.1 Å². The van der Waals surface area contributed by atoms with Crippen LogP contribution in [0.2, 0.25) is 5.02 Å². The summed E-state index contributed by atoms with van der Waals surface area (Å²) in [6.45, 7) is 0. The molecule has 0 unspecified atom stereocenters. The number of hydrogen-bond acceptors (Lipinski definition) is 4. The van der Waals surface area contributed by atoms with Crippen LogP contribution in [0.5, 0.6) is 0 Å². The summed E-state index contributed by atoms with van der Waals surface area (Å²) in [7, 11) is 0. The Labute approximate surface area is 149 Å². The first-order valence-corrected chi connectivity index (χ1v) is 7.87. The fourth-order valence-electron chi connectivity index (χ4n) is 2.17. The van der Waals surface area contributed by atoms with Crippen molar-refractivity contribution in [1.82, 2.24) is 4.98 Å². The Balaban J connectivity index is 1.80. The molecule has 124 valence electrons. The van der Waals surface area contributed by atoms with Crippen LogP contribution in [0.25, 0.3) is 0 Å². The minimum atomic E-state index is -0.704. The monoisotopic (exact) mass is 351 g/mol. The summed E-state index contributed by atoms with van der Waals surface area (Å²) >= 11 is 5.89. The van der Waals surface area contributed by atoms with E-state index in [1.54, 1.807) is 48.8 Å². The van der Waals surface area contributed by atoms with Crippen molar-refractivity contribution in [2.45, 2.75) is 0 Å². The molecule has 0 aliphatic carbocycles. The van der Waals surface area contributed by atoms with E-state index in [0.29, 0.717) is 16.4 Å². The van der Waals surface area contributed by atoms with E-state index in [1.807, 2.05) is 30.3 Å². The van der Waals surface area contributed by atoms with Gasteiger partial charge in [0.25, 0.3) is 0 Å². The first-order chi connectivity index (χ1) is 12.2. The van der Waals surface area contributed by atoms with E-state index in [-0.39, 0.29) is 0 Å². The minimum absolute atomic E-state index is 0.517. The smallest absolute Gasteiger partial charge is 0.297 e. The van der Waals surface area contributed by atoms with Gasteiger partial charge in [-0.15, -0.1) is 0 Å². The van der Waals surface area contributed by atoms with Crippen LogP contribution in [0.4, 0.5) is 10.5 Å². The third-order valence-corrected chi connectivity index (χ3v) is 3.53. The maximum Gasteiger partial charge on any atom is 0.437 e. The zero-order chi connectivity index (χ0) is 17.5. The topological polar surface area (TPSA) is 63.6 Å². The quantitative estimate of drug-likeness (QED) is 0.419. The molecular weight excluding hydrogens is 338 g/mol. The van der Waals surface area contributed by atoms with Crippen molar-refractivity contribution >= 4 is 29.1 Å². The Hall–Kier alpha value is -3.18. The zero-order valence-electron chi connectivity index (χ0n) is 13.1. The van der Waals surface area contributed by atoms with Crippen molar-refractivity contribution in [2.24, 2.45) is 5.16 Å². The normalized spacial score (nSPS) is 11.0. The highest BCUT2D eigenvalue weighted by Gasteiger charge is 2.10. The van der Waals surface area contributed by atoms with E-state index in [0.717, 1.165) is 11.1 Å². The number of carbonyl (C=O) groups excluding carboxylic acids is 1. The summed E-state index contributed by atoms with van der Waals surface area (Å²) in [6, 6.07) is 19.8. The van der Waals surface area contributed by atoms with Crippen LogP contribution in [-0.4, -0.2) is 16.8 Å². The van der Waals surface area contributed by atoms with Crippen molar-refractivity contribution in [3.8, 4) is 0 Å². The SMILES string of the molecule is O=C(Nc1cccc(Cl)c1)O/N=C(/c1ccccc1)c1ccncc1. The summed E-state index contributed by atoms with van der Waals surface area (Å²) in [5.74, 6) is 0. The lowest BCUT2D eigenvalue weighted by Crippen LogP contribution is -2.13. The van der Waals surface area contributed by atoms with Crippen LogP contribution in [0.1, 0.15) is 11.1 Å². The van der Waals surface area contributed by atoms with E-state index in [9.17, 15) is 4.79 Å². The molecule has 2 aromatic carbocycles. The van der Waals surface area contributed by atoms with Gasteiger partial charge in [-0.25, -0.2) is 4.79 Å². The van der Waals surface area contributed by atoms with Gasteiger partial charge in [-0.05, 0) is 30.3 Å². The maximum atomic E-state index is 12.0. The van der Waals surface area contributed by atoms with Gasteiger partial charge < -0.3 is 0 Å². The number of carbonyl (C=O) groups is 1. The lowest BCUT2D eigenvalue weighted by Gasteiger charge is -2.07. The molecule has 0 bridgehead atoms. The zero-order valence-corrected chi connectivity index (χ0v) is 13.9. The van der Waals surface area contributed by atoms with E-state index >= 15 is 0 Å². The summed E-state index contributed by atoms with van der Waals surface area (Å²) < 4.78 is 0. The summed E-state index contributed by atoms with van der Waals surface area (Å²) in [6.07, 6.45) is 2.60. The Kier molecular flexibility index (Phi) is 5.39.